The molecule has 6 aromatic rings. The predicted molar refractivity (Wildman–Crippen MR) is 244 cm³/mol. The topological polar surface area (TPSA) is 448 Å². The van der Waals surface area contributed by atoms with Crippen LogP contribution in [-0.2, 0) is 99.2 Å². The van der Waals surface area contributed by atoms with Gasteiger partial charge in [-0.2, -0.15) is 50.5 Å². The van der Waals surface area contributed by atoms with Crippen molar-refractivity contribution < 1.29 is 108 Å². The van der Waals surface area contributed by atoms with Gasteiger partial charge < -0.3 is 30.6 Å². The second-order valence-electron chi connectivity index (χ2n) is 16.5. The van der Waals surface area contributed by atoms with Gasteiger partial charge in [0.25, 0.3) is 60.7 Å². The quantitative estimate of drug-likeness (QED) is 0.106. The van der Waals surface area contributed by atoms with Crippen LogP contribution in [0.5, 0.6) is 34.5 Å². The van der Waals surface area contributed by atoms with Crippen molar-refractivity contribution >= 4 is 60.7 Å². The SMILES string of the molecule is O=S(=O)(O)c1cc2c(O)c(c1)Cc1cc(S(=O)(=O)O)cc(c1O)Cc1cc(S(=O)(=O)O)cc(c1O)Cc1cc(S(=O)(=O)O)cc(c1O)Cc1cc(S(=O)(=O)O)cc(c1O)Cc1cc(S(=O)(=O)O)cc(c1O)C2. The van der Waals surface area contributed by atoms with Gasteiger partial charge in [0.05, 0.1) is 29.4 Å². The number of fused-ring (bicyclic) bond motifs is 12. The van der Waals surface area contributed by atoms with E-state index >= 15 is 0 Å². The van der Waals surface area contributed by atoms with Gasteiger partial charge in [-0.3, -0.25) is 27.3 Å². The summed E-state index contributed by atoms with van der Waals surface area (Å²) in [4.78, 5) is -5.99. The number of benzene rings is 6. The lowest BCUT2D eigenvalue weighted by atomic mass is 9.91. The Morgan fingerprint density at radius 3 is 0.361 bits per heavy atom. The van der Waals surface area contributed by atoms with Gasteiger partial charge in [-0.25, -0.2) is 0 Å². The molecule has 1 aliphatic rings. The summed E-state index contributed by atoms with van der Waals surface area (Å²) in [7, 11) is -31.6. The molecule has 0 aromatic heterocycles. The largest absolute Gasteiger partial charge is 0.507 e. The monoisotopic (exact) mass is 1120 g/mol. The fourth-order valence-electron chi connectivity index (χ4n) is 8.11. The van der Waals surface area contributed by atoms with Crippen molar-refractivity contribution in [3.8, 4) is 34.5 Å². The fraction of sp³-hybridized carbons (Fsp3) is 0.143. The molecule has 30 heteroatoms. The molecule has 1 aliphatic carbocycles. The van der Waals surface area contributed by atoms with E-state index in [4.69, 9.17) is 0 Å². The summed E-state index contributed by atoms with van der Waals surface area (Å²) in [5.41, 5.74) is -6.85. The lowest BCUT2D eigenvalue weighted by Gasteiger charge is -2.19. The van der Waals surface area contributed by atoms with Gasteiger partial charge in [-0.15, -0.1) is 0 Å². The molecule has 72 heavy (non-hydrogen) atoms. The fourth-order valence-corrected chi connectivity index (χ4v) is 11.6. The lowest BCUT2D eigenvalue weighted by Crippen LogP contribution is -2.08. The zero-order chi connectivity index (χ0) is 53.6. The zero-order valence-electron chi connectivity index (χ0n) is 35.9. The van der Waals surface area contributed by atoms with Gasteiger partial charge in [-0.05, 0) is 72.8 Å². The summed E-state index contributed by atoms with van der Waals surface area (Å²) in [6.07, 6.45) is -5.55. The molecule has 12 N–H and O–H groups in total. The van der Waals surface area contributed by atoms with Gasteiger partial charge in [0, 0.05) is 105 Å². The van der Waals surface area contributed by atoms with Crippen LogP contribution in [0.15, 0.2) is 102 Å². The highest BCUT2D eigenvalue weighted by atomic mass is 32.2. The van der Waals surface area contributed by atoms with Crippen molar-refractivity contribution in [2.75, 3.05) is 0 Å². The summed E-state index contributed by atoms with van der Waals surface area (Å²) >= 11 is 0. The van der Waals surface area contributed by atoms with E-state index in [9.17, 15) is 108 Å². The first-order valence-corrected chi connectivity index (χ1v) is 28.5. The van der Waals surface area contributed by atoms with Crippen LogP contribution in [0, 0.1) is 0 Å². The van der Waals surface area contributed by atoms with Crippen molar-refractivity contribution in [1.29, 1.82) is 0 Å². The number of aromatic hydroxyl groups is 6. The van der Waals surface area contributed by atoms with Crippen molar-refractivity contribution in [3.05, 3.63) is 140 Å². The van der Waals surface area contributed by atoms with E-state index in [1.807, 2.05) is 0 Å². The molecular formula is C42H36O24S6. The van der Waals surface area contributed by atoms with Crippen molar-refractivity contribution in [3.63, 3.8) is 0 Å². The van der Waals surface area contributed by atoms with E-state index in [2.05, 4.69) is 0 Å². The third-order valence-corrected chi connectivity index (χ3v) is 16.5. The van der Waals surface area contributed by atoms with Crippen LogP contribution < -0.4 is 0 Å². The Morgan fingerprint density at radius 2 is 0.292 bits per heavy atom. The molecule has 0 atom stereocenters. The first-order chi connectivity index (χ1) is 32.9. The first kappa shape index (κ1) is 53.4. The molecule has 0 fully saturated rings. The zero-order valence-corrected chi connectivity index (χ0v) is 40.8. The maximum atomic E-state index is 12.6. The summed E-state index contributed by atoms with van der Waals surface area (Å²) in [6.45, 7) is 0. The molecule has 0 heterocycles. The highest BCUT2D eigenvalue weighted by Crippen LogP contribution is 2.42. The second kappa shape index (κ2) is 18.3. The van der Waals surface area contributed by atoms with Gasteiger partial charge >= 0.3 is 0 Å². The lowest BCUT2D eigenvalue weighted by molar-refractivity contribution is 0.450. The first-order valence-electron chi connectivity index (χ1n) is 19.8. The average Bonchev–Trinajstić information content (AvgIpc) is 3.23. The summed E-state index contributed by atoms with van der Waals surface area (Å²) in [5, 5.41) is 69.9. The maximum Gasteiger partial charge on any atom is 0.294 e. The van der Waals surface area contributed by atoms with Crippen LogP contribution >= 0.6 is 0 Å². The van der Waals surface area contributed by atoms with Gasteiger partial charge in [-0.1, -0.05) is 0 Å². The Morgan fingerprint density at radius 1 is 0.208 bits per heavy atom. The molecule has 7 rings (SSSR count). The van der Waals surface area contributed by atoms with Gasteiger partial charge in [0.2, 0.25) is 0 Å². The molecule has 384 valence electrons. The second-order valence-corrected chi connectivity index (χ2v) is 25.0. The molecule has 0 amide bonds. The Labute approximate surface area is 408 Å². The minimum atomic E-state index is -5.27. The van der Waals surface area contributed by atoms with Crippen LogP contribution in [0.4, 0.5) is 0 Å². The van der Waals surface area contributed by atoms with Crippen LogP contribution in [-0.4, -0.2) is 108 Å². The van der Waals surface area contributed by atoms with E-state index in [0.29, 0.717) is 72.8 Å². The smallest absolute Gasteiger partial charge is 0.294 e. The van der Waals surface area contributed by atoms with Gasteiger partial charge in [0.1, 0.15) is 34.5 Å². The van der Waals surface area contributed by atoms with E-state index in [1.54, 1.807) is 0 Å². The molecule has 6 aromatic carbocycles. The molecule has 0 spiro atoms. The molecule has 0 saturated carbocycles. The number of phenolic OH excluding ortho intramolecular Hbond substituents is 6. The normalized spacial score (nSPS) is 14.1. The number of hydrogen-bond donors (Lipinski definition) is 12. The Bertz CT molecular complexity index is 3220. The standard InChI is InChI=1S/C42H36O24S6/c43-37-19-1-20-8-32(68(52,53)54)10-22(38(20)44)3-24-12-34(70(58,59)60)14-26(40(24)46)5-28-16-36(72(64,65)66)18-30(42(28)48)6-29-17-35(71(61,62)63)15-27(41(29)47)4-25-13-33(69(55,56)57)11-23(39(25)45)2-21(37)9-31(7-19)67(49,50)51/h7-18,43-48H,1-6H2,(H,49,50,51)(H,52,53,54)(H,55,56,57)(H,58,59,60)(H,61,62,63)(H,64,65,66). The minimum absolute atomic E-state index is 0.571. The molecule has 12 bridgehead atoms. The van der Waals surface area contributed by atoms with Gasteiger partial charge in [0.15, 0.2) is 0 Å². The molecule has 0 unspecified atom stereocenters. The molecule has 0 aliphatic heterocycles. The molecule has 0 radical (unpaired) electrons. The number of hydrogen-bond acceptors (Lipinski definition) is 18. The van der Waals surface area contributed by atoms with Crippen LogP contribution in [0.2, 0.25) is 0 Å². The van der Waals surface area contributed by atoms with Crippen LogP contribution in [0.25, 0.3) is 0 Å². The van der Waals surface area contributed by atoms with Crippen LogP contribution in [0.3, 0.4) is 0 Å². The van der Waals surface area contributed by atoms with Crippen molar-refractivity contribution in [2.24, 2.45) is 0 Å². The Hall–Kier alpha value is -6.42. The highest BCUT2D eigenvalue weighted by molar-refractivity contribution is 7.87. The summed E-state index contributed by atoms with van der Waals surface area (Å²) in [6, 6.07) is 7.73. The maximum absolute atomic E-state index is 12.6. The van der Waals surface area contributed by atoms with Crippen molar-refractivity contribution in [2.45, 2.75) is 67.9 Å². The minimum Gasteiger partial charge on any atom is -0.507 e. The number of rotatable bonds is 6. The van der Waals surface area contributed by atoms with Crippen LogP contribution in [0.1, 0.15) is 66.8 Å². The van der Waals surface area contributed by atoms with E-state index < -0.39 is 230 Å². The summed E-state index contributed by atoms with van der Waals surface area (Å²) < 4.78 is 212. The van der Waals surface area contributed by atoms with E-state index in [1.165, 1.54) is 0 Å². The average molecular weight is 1120 g/mol. The Kier molecular flexibility index (Phi) is 13.5. The van der Waals surface area contributed by atoms with Crippen molar-refractivity contribution in [1.82, 2.24) is 0 Å². The molecule has 24 nitrogen and oxygen atoms in total. The van der Waals surface area contributed by atoms with E-state index in [-0.39, 0.29) is 0 Å². The summed E-state index contributed by atoms with van der Waals surface area (Å²) in [5.74, 6) is -5.57. The highest BCUT2D eigenvalue weighted by Gasteiger charge is 2.29. The number of phenols is 6. The van der Waals surface area contributed by atoms with E-state index in [0.717, 1.165) is 0 Å². The third kappa shape index (κ3) is 11.1. The predicted octanol–water partition coefficient (Wildman–Crippen LogP) is 3.26. The Balaban J connectivity index is 1.61. The third-order valence-electron chi connectivity index (χ3n) is 11.5. The molecular weight excluding hydrogens is 1080 g/mol. The molecule has 0 saturated heterocycles.